The number of hydrogen-bond acceptors (Lipinski definition) is 4. The van der Waals surface area contributed by atoms with Gasteiger partial charge in [0.1, 0.15) is 17.3 Å². The van der Waals surface area contributed by atoms with Crippen molar-refractivity contribution in [2.75, 3.05) is 18.1 Å². The first kappa shape index (κ1) is 18.3. The molecule has 132 valence electrons. The first-order valence-electron chi connectivity index (χ1n) is 8.56. The van der Waals surface area contributed by atoms with E-state index in [1.54, 1.807) is 4.90 Å². The zero-order valence-corrected chi connectivity index (χ0v) is 15.2. The van der Waals surface area contributed by atoms with Crippen LogP contribution in [0.2, 0.25) is 0 Å². The zero-order valence-electron chi connectivity index (χ0n) is 15.2. The Balaban J connectivity index is 2.32. The summed E-state index contributed by atoms with van der Waals surface area (Å²) in [4.78, 5) is 27.1. The topological polar surface area (TPSA) is 55.8 Å². The number of hydrogen-bond donors (Lipinski definition) is 0. The summed E-state index contributed by atoms with van der Waals surface area (Å²) in [6, 6.07) is 5.78. The highest BCUT2D eigenvalue weighted by Crippen LogP contribution is 2.33. The molecule has 0 aromatic heterocycles. The second kappa shape index (κ2) is 7.24. The van der Waals surface area contributed by atoms with E-state index in [2.05, 4.69) is 0 Å². The number of benzene rings is 1. The fourth-order valence-corrected chi connectivity index (χ4v) is 2.91. The van der Waals surface area contributed by atoms with Gasteiger partial charge in [-0.1, -0.05) is 6.07 Å². The van der Waals surface area contributed by atoms with Crippen molar-refractivity contribution in [3.8, 4) is 5.75 Å². The quantitative estimate of drug-likeness (QED) is 0.626. The Labute approximate surface area is 143 Å². The highest BCUT2D eigenvalue weighted by molar-refractivity contribution is 6.07. The minimum Gasteiger partial charge on any atom is -0.494 e. The second-order valence-corrected chi connectivity index (χ2v) is 6.93. The van der Waals surface area contributed by atoms with Crippen LogP contribution in [0.25, 0.3) is 0 Å². The SMILES string of the molecule is CCOc1ccc2c(c1)N(CC)C(=O)C(C(=O)OC(C)(C)C)CC2. The van der Waals surface area contributed by atoms with E-state index < -0.39 is 17.5 Å². The summed E-state index contributed by atoms with van der Waals surface area (Å²) in [7, 11) is 0. The molecule has 24 heavy (non-hydrogen) atoms. The molecule has 1 amide bonds. The molecule has 2 rings (SSSR count). The predicted molar refractivity (Wildman–Crippen MR) is 93.3 cm³/mol. The Hall–Kier alpha value is -2.04. The van der Waals surface area contributed by atoms with Crippen LogP contribution in [0.5, 0.6) is 5.75 Å². The van der Waals surface area contributed by atoms with Crippen LogP contribution in [0.1, 0.15) is 46.6 Å². The summed E-state index contributed by atoms with van der Waals surface area (Å²) >= 11 is 0. The Morgan fingerprint density at radius 3 is 2.58 bits per heavy atom. The molecule has 1 unspecified atom stereocenters. The fourth-order valence-electron chi connectivity index (χ4n) is 2.91. The Bertz CT molecular complexity index is 618. The molecule has 1 aliphatic rings. The summed E-state index contributed by atoms with van der Waals surface area (Å²) in [5.41, 5.74) is 1.29. The third-order valence-corrected chi connectivity index (χ3v) is 3.93. The van der Waals surface area contributed by atoms with E-state index in [0.717, 1.165) is 17.0 Å². The number of fused-ring (bicyclic) bond motifs is 1. The van der Waals surface area contributed by atoms with Crippen molar-refractivity contribution in [1.82, 2.24) is 0 Å². The van der Waals surface area contributed by atoms with E-state index in [9.17, 15) is 9.59 Å². The molecule has 1 aromatic carbocycles. The lowest BCUT2D eigenvalue weighted by molar-refractivity contribution is -0.162. The number of nitrogens with zero attached hydrogens (tertiary/aromatic N) is 1. The van der Waals surface area contributed by atoms with Crippen LogP contribution in [0.4, 0.5) is 5.69 Å². The van der Waals surface area contributed by atoms with Crippen molar-refractivity contribution in [3.63, 3.8) is 0 Å². The van der Waals surface area contributed by atoms with Gasteiger partial charge in [-0.3, -0.25) is 9.59 Å². The predicted octanol–water partition coefficient (Wildman–Crippen LogP) is 3.34. The lowest BCUT2D eigenvalue weighted by Crippen LogP contribution is -2.41. The van der Waals surface area contributed by atoms with Crippen LogP contribution < -0.4 is 9.64 Å². The van der Waals surface area contributed by atoms with Crippen LogP contribution in [-0.2, 0) is 20.7 Å². The summed E-state index contributed by atoms with van der Waals surface area (Å²) in [5, 5.41) is 0. The van der Waals surface area contributed by atoms with E-state index in [4.69, 9.17) is 9.47 Å². The van der Waals surface area contributed by atoms with Crippen molar-refractivity contribution in [2.45, 2.75) is 53.1 Å². The molecular weight excluding hydrogens is 306 g/mol. The molecule has 0 spiro atoms. The van der Waals surface area contributed by atoms with Crippen LogP contribution in [-0.4, -0.2) is 30.6 Å². The molecule has 1 atom stereocenters. The number of aryl methyl sites for hydroxylation is 1. The minimum atomic E-state index is -0.757. The normalized spacial score (nSPS) is 18.0. The lowest BCUT2D eigenvalue weighted by Gasteiger charge is -2.26. The van der Waals surface area contributed by atoms with Gasteiger partial charge in [-0.2, -0.15) is 0 Å². The third-order valence-electron chi connectivity index (χ3n) is 3.93. The molecule has 0 fully saturated rings. The van der Waals surface area contributed by atoms with E-state index in [1.165, 1.54) is 0 Å². The number of amides is 1. The molecule has 1 aromatic rings. The highest BCUT2D eigenvalue weighted by atomic mass is 16.6. The molecule has 0 radical (unpaired) electrons. The molecule has 0 saturated carbocycles. The van der Waals surface area contributed by atoms with Crippen molar-refractivity contribution in [2.24, 2.45) is 5.92 Å². The second-order valence-electron chi connectivity index (χ2n) is 6.93. The van der Waals surface area contributed by atoms with Gasteiger partial charge in [-0.25, -0.2) is 0 Å². The average molecular weight is 333 g/mol. The number of carbonyl (C=O) groups is 2. The van der Waals surface area contributed by atoms with Crippen LogP contribution >= 0.6 is 0 Å². The molecule has 5 heteroatoms. The van der Waals surface area contributed by atoms with Crippen molar-refractivity contribution >= 4 is 17.6 Å². The molecule has 0 N–H and O–H groups in total. The van der Waals surface area contributed by atoms with E-state index in [-0.39, 0.29) is 5.91 Å². The van der Waals surface area contributed by atoms with Gasteiger partial charge in [0.2, 0.25) is 5.91 Å². The van der Waals surface area contributed by atoms with Gasteiger partial charge in [0.15, 0.2) is 0 Å². The minimum absolute atomic E-state index is 0.195. The highest BCUT2D eigenvalue weighted by Gasteiger charge is 2.37. The number of ether oxygens (including phenoxy) is 2. The van der Waals surface area contributed by atoms with Gasteiger partial charge in [0.05, 0.1) is 12.3 Å². The zero-order chi connectivity index (χ0) is 17.9. The lowest BCUT2D eigenvalue weighted by atomic mass is 10.00. The fraction of sp³-hybridized carbons (Fsp3) is 0.579. The molecule has 5 nitrogen and oxygen atoms in total. The Kier molecular flexibility index (Phi) is 5.52. The Morgan fingerprint density at radius 2 is 2.00 bits per heavy atom. The maximum Gasteiger partial charge on any atom is 0.319 e. The first-order chi connectivity index (χ1) is 11.3. The summed E-state index contributed by atoms with van der Waals surface area (Å²) in [6.07, 6.45) is 1.12. The molecular formula is C19H27NO4. The number of esters is 1. The van der Waals surface area contributed by atoms with Gasteiger partial charge in [0, 0.05) is 12.6 Å². The van der Waals surface area contributed by atoms with E-state index in [1.807, 2.05) is 52.8 Å². The smallest absolute Gasteiger partial charge is 0.319 e. The van der Waals surface area contributed by atoms with E-state index >= 15 is 0 Å². The summed E-state index contributed by atoms with van der Waals surface area (Å²) in [6.45, 7) is 10.3. The van der Waals surface area contributed by atoms with Gasteiger partial charge in [-0.15, -0.1) is 0 Å². The standard InChI is InChI=1S/C19H27NO4/c1-6-20-16-12-14(23-7-2)10-8-13(16)9-11-15(17(20)21)18(22)24-19(3,4)5/h8,10,12,15H,6-7,9,11H2,1-5H3. The summed E-state index contributed by atoms with van der Waals surface area (Å²) < 4.78 is 11.0. The Morgan fingerprint density at radius 1 is 1.29 bits per heavy atom. The van der Waals surface area contributed by atoms with Crippen LogP contribution in [0.15, 0.2) is 18.2 Å². The monoisotopic (exact) mass is 333 g/mol. The third kappa shape index (κ3) is 4.08. The summed E-state index contributed by atoms with van der Waals surface area (Å²) in [5.74, 6) is -0.659. The molecule has 0 aliphatic carbocycles. The number of anilines is 1. The van der Waals surface area contributed by atoms with Gasteiger partial charge in [-0.05, 0) is 59.1 Å². The van der Waals surface area contributed by atoms with Crippen molar-refractivity contribution in [3.05, 3.63) is 23.8 Å². The molecule has 0 saturated heterocycles. The number of rotatable bonds is 4. The molecule has 1 heterocycles. The van der Waals surface area contributed by atoms with Crippen molar-refractivity contribution in [1.29, 1.82) is 0 Å². The van der Waals surface area contributed by atoms with Crippen LogP contribution in [0.3, 0.4) is 0 Å². The number of carbonyl (C=O) groups excluding carboxylic acids is 2. The first-order valence-corrected chi connectivity index (χ1v) is 8.56. The van der Waals surface area contributed by atoms with E-state index in [0.29, 0.717) is 26.0 Å². The largest absolute Gasteiger partial charge is 0.494 e. The molecule has 0 bridgehead atoms. The maximum atomic E-state index is 12.9. The maximum absolute atomic E-state index is 12.9. The van der Waals surface area contributed by atoms with Gasteiger partial charge in [0.25, 0.3) is 0 Å². The average Bonchev–Trinajstić information content (AvgIpc) is 2.61. The molecule has 1 aliphatic heterocycles. The van der Waals surface area contributed by atoms with Gasteiger partial charge < -0.3 is 14.4 Å². The van der Waals surface area contributed by atoms with Crippen molar-refractivity contribution < 1.29 is 19.1 Å². The van der Waals surface area contributed by atoms with Gasteiger partial charge >= 0.3 is 5.97 Å². The van der Waals surface area contributed by atoms with Crippen LogP contribution in [0, 0.1) is 5.92 Å².